The number of aryl methyl sites for hydroxylation is 3. The van der Waals surface area contributed by atoms with Crippen LogP contribution < -0.4 is 0 Å². The Kier molecular flexibility index (Phi) is 6.32. The van der Waals surface area contributed by atoms with Crippen molar-refractivity contribution in [3.8, 4) is 0 Å². The predicted molar refractivity (Wildman–Crippen MR) is 106 cm³/mol. The smallest absolute Gasteiger partial charge is 0.200 e. The van der Waals surface area contributed by atoms with E-state index < -0.39 is 40.6 Å². The first kappa shape index (κ1) is 21.4. The number of rotatable bonds is 5. The summed E-state index contributed by atoms with van der Waals surface area (Å²) in [4.78, 5) is 0.837. The maximum absolute atomic E-state index is 14.7. The van der Waals surface area contributed by atoms with E-state index in [0.29, 0.717) is 5.56 Å². The molecule has 3 aromatic carbocycles. The second-order valence-electron chi connectivity index (χ2n) is 6.97. The lowest BCUT2D eigenvalue weighted by Gasteiger charge is -2.24. The summed E-state index contributed by atoms with van der Waals surface area (Å²) < 4.78 is 70.8. The standard InChI is InChI=1S/C23H19F5S/c1-12-9-13(2)17(14(3)10-12)16(11-29-15-7-5-4-6-8-15)18-19(24)21(26)23(28)22(27)20(18)25/h4-10,16H,11H2,1-3H3/t16-/m1/s1. The van der Waals surface area contributed by atoms with E-state index in [9.17, 15) is 22.0 Å². The Labute approximate surface area is 170 Å². The van der Waals surface area contributed by atoms with Gasteiger partial charge >= 0.3 is 0 Å². The molecule has 0 nitrogen and oxygen atoms in total. The lowest BCUT2D eigenvalue weighted by molar-refractivity contribution is 0.368. The molecule has 0 aliphatic carbocycles. The van der Waals surface area contributed by atoms with Crippen molar-refractivity contribution in [3.05, 3.63) is 99.4 Å². The van der Waals surface area contributed by atoms with Crippen molar-refractivity contribution in [2.75, 3.05) is 5.75 Å². The van der Waals surface area contributed by atoms with Gasteiger partial charge in [-0.2, -0.15) is 0 Å². The van der Waals surface area contributed by atoms with Crippen LogP contribution in [-0.2, 0) is 0 Å². The largest absolute Gasteiger partial charge is 0.203 e. The molecule has 0 amide bonds. The highest BCUT2D eigenvalue weighted by Gasteiger charge is 2.32. The van der Waals surface area contributed by atoms with Gasteiger partial charge in [-0.05, 0) is 49.6 Å². The fourth-order valence-corrected chi connectivity index (χ4v) is 4.72. The van der Waals surface area contributed by atoms with E-state index in [1.54, 1.807) is 13.8 Å². The Morgan fingerprint density at radius 2 is 1.17 bits per heavy atom. The van der Waals surface area contributed by atoms with Crippen LogP contribution >= 0.6 is 11.8 Å². The highest BCUT2D eigenvalue weighted by Crippen LogP contribution is 2.39. The summed E-state index contributed by atoms with van der Waals surface area (Å²) in [7, 11) is 0. The molecular formula is C23H19F5S. The molecular weight excluding hydrogens is 403 g/mol. The first-order chi connectivity index (χ1) is 13.7. The van der Waals surface area contributed by atoms with Gasteiger partial charge in [-0.1, -0.05) is 35.9 Å². The topological polar surface area (TPSA) is 0 Å². The molecule has 0 aliphatic heterocycles. The number of benzene rings is 3. The lowest BCUT2D eigenvalue weighted by atomic mass is 9.85. The average Bonchev–Trinajstić information content (AvgIpc) is 2.68. The Morgan fingerprint density at radius 1 is 0.690 bits per heavy atom. The summed E-state index contributed by atoms with van der Waals surface area (Å²) in [5.74, 6) is -10.4. The first-order valence-corrected chi connectivity index (χ1v) is 9.97. The minimum Gasteiger partial charge on any atom is -0.203 e. The quantitative estimate of drug-likeness (QED) is 0.181. The molecule has 0 aromatic heterocycles. The van der Waals surface area contributed by atoms with Crippen LogP contribution in [0.25, 0.3) is 0 Å². The van der Waals surface area contributed by atoms with Gasteiger partial charge in [0.05, 0.1) is 0 Å². The van der Waals surface area contributed by atoms with E-state index in [-0.39, 0.29) is 5.75 Å². The van der Waals surface area contributed by atoms with Crippen molar-refractivity contribution in [2.45, 2.75) is 31.6 Å². The van der Waals surface area contributed by atoms with E-state index in [1.165, 1.54) is 11.8 Å². The Balaban J connectivity index is 2.20. The van der Waals surface area contributed by atoms with E-state index in [4.69, 9.17) is 0 Å². The molecule has 0 aliphatic rings. The third-order valence-corrected chi connectivity index (χ3v) is 5.94. The molecule has 3 rings (SSSR count). The second kappa shape index (κ2) is 8.57. The number of halogens is 5. The third-order valence-electron chi connectivity index (χ3n) is 4.84. The molecule has 0 saturated heterocycles. The second-order valence-corrected chi connectivity index (χ2v) is 8.07. The van der Waals surface area contributed by atoms with Crippen molar-refractivity contribution < 1.29 is 22.0 Å². The fourth-order valence-electron chi connectivity index (χ4n) is 3.68. The summed E-state index contributed by atoms with van der Waals surface area (Å²) in [6.45, 7) is 5.44. The summed E-state index contributed by atoms with van der Waals surface area (Å²) in [6, 6.07) is 12.8. The molecule has 0 bridgehead atoms. The van der Waals surface area contributed by atoms with Crippen LogP contribution in [0.15, 0.2) is 47.4 Å². The number of thioether (sulfide) groups is 1. The molecule has 0 N–H and O–H groups in total. The molecule has 0 radical (unpaired) electrons. The van der Waals surface area contributed by atoms with E-state index in [0.717, 1.165) is 21.6 Å². The SMILES string of the molecule is Cc1cc(C)c([C@@H](CSc2ccccc2)c2c(F)c(F)c(F)c(F)c2F)c(C)c1. The maximum Gasteiger partial charge on any atom is 0.200 e. The van der Waals surface area contributed by atoms with Gasteiger partial charge in [0, 0.05) is 22.1 Å². The number of hydrogen-bond acceptors (Lipinski definition) is 1. The highest BCUT2D eigenvalue weighted by atomic mass is 32.2. The van der Waals surface area contributed by atoms with Crippen molar-refractivity contribution >= 4 is 11.8 Å². The zero-order valence-corrected chi connectivity index (χ0v) is 16.9. The monoisotopic (exact) mass is 422 g/mol. The van der Waals surface area contributed by atoms with Crippen LogP contribution in [0.2, 0.25) is 0 Å². The fraction of sp³-hybridized carbons (Fsp3) is 0.217. The van der Waals surface area contributed by atoms with Crippen molar-refractivity contribution in [2.24, 2.45) is 0 Å². The normalized spacial score (nSPS) is 12.3. The molecule has 152 valence electrons. The molecule has 3 aromatic rings. The van der Waals surface area contributed by atoms with Crippen LogP contribution in [0.1, 0.15) is 33.7 Å². The van der Waals surface area contributed by atoms with Crippen LogP contribution in [0.4, 0.5) is 22.0 Å². The molecule has 1 atom stereocenters. The Hall–Kier alpha value is -2.34. The van der Waals surface area contributed by atoms with Gasteiger partial charge in [0.25, 0.3) is 0 Å². The Morgan fingerprint density at radius 3 is 1.69 bits per heavy atom. The van der Waals surface area contributed by atoms with Gasteiger partial charge < -0.3 is 0 Å². The number of hydrogen-bond donors (Lipinski definition) is 0. The zero-order chi connectivity index (χ0) is 21.3. The molecule has 6 heteroatoms. The molecule has 0 heterocycles. The Bertz CT molecular complexity index is 995. The molecule has 0 saturated carbocycles. The van der Waals surface area contributed by atoms with Crippen LogP contribution in [0, 0.1) is 49.9 Å². The van der Waals surface area contributed by atoms with Gasteiger partial charge in [-0.3, -0.25) is 0 Å². The minimum atomic E-state index is -2.14. The third kappa shape index (κ3) is 4.17. The van der Waals surface area contributed by atoms with Gasteiger partial charge in [-0.25, -0.2) is 22.0 Å². The van der Waals surface area contributed by atoms with Crippen molar-refractivity contribution in [1.29, 1.82) is 0 Å². The highest BCUT2D eigenvalue weighted by molar-refractivity contribution is 7.99. The van der Waals surface area contributed by atoms with E-state index in [2.05, 4.69) is 0 Å². The van der Waals surface area contributed by atoms with Crippen molar-refractivity contribution in [3.63, 3.8) is 0 Å². The van der Waals surface area contributed by atoms with Crippen LogP contribution in [-0.4, -0.2) is 5.75 Å². The van der Waals surface area contributed by atoms with Gasteiger partial charge in [-0.15, -0.1) is 11.8 Å². The van der Waals surface area contributed by atoms with Crippen molar-refractivity contribution in [1.82, 2.24) is 0 Å². The molecule has 0 spiro atoms. The summed E-state index contributed by atoms with van der Waals surface area (Å²) in [5.41, 5.74) is 2.22. The average molecular weight is 422 g/mol. The summed E-state index contributed by atoms with van der Waals surface area (Å²) in [6.07, 6.45) is 0. The summed E-state index contributed by atoms with van der Waals surface area (Å²) in [5, 5.41) is 0. The minimum absolute atomic E-state index is 0.118. The zero-order valence-electron chi connectivity index (χ0n) is 16.1. The van der Waals surface area contributed by atoms with E-state index >= 15 is 0 Å². The van der Waals surface area contributed by atoms with Gasteiger partial charge in [0.15, 0.2) is 23.3 Å². The first-order valence-electron chi connectivity index (χ1n) is 8.99. The van der Waals surface area contributed by atoms with Gasteiger partial charge in [0.1, 0.15) is 0 Å². The maximum atomic E-state index is 14.7. The van der Waals surface area contributed by atoms with Gasteiger partial charge in [0.2, 0.25) is 5.82 Å². The lowest BCUT2D eigenvalue weighted by Crippen LogP contribution is -2.16. The summed E-state index contributed by atoms with van der Waals surface area (Å²) >= 11 is 1.30. The van der Waals surface area contributed by atoms with Crippen LogP contribution in [0.3, 0.4) is 0 Å². The molecule has 29 heavy (non-hydrogen) atoms. The van der Waals surface area contributed by atoms with E-state index in [1.807, 2.05) is 49.4 Å². The predicted octanol–water partition coefficient (Wildman–Crippen LogP) is 7.23. The molecule has 0 unspecified atom stereocenters. The van der Waals surface area contributed by atoms with Crippen LogP contribution in [0.5, 0.6) is 0 Å². The molecule has 0 fully saturated rings.